The molecule has 1 aliphatic rings. The zero-order valence-corrected chi connectivity index (χ0v) is 15.5. The predicted octanol–water partition coefficient (Wildman–Crippen LogP) is 2.99. The summed E-state index contributed by atoms with van der Waals surface area (Å²) in [7, 11) is 0. The first-order valence-electron chi connectivity index (χ1n) is 9.45. The summed E-state index contributed by atoms with van der Waals surface area (Å²) in [6, 6.07) is 13.5. The molecule has 0 unspecified atom stereocenters. The van der Waals surface area contributed by atoms with E-state index in [-0.39, 0.29) is 18.4 Å². The molecule has 4 rings (SSSR count). The van der Waals surface area contributed by atoms with Crippen molar-refractivity contribution >= 4 is 5.91 Å². The maximum atomic E-state index is 12.5. The maximum absolute atomic E-state index is 12.5. The summed E-state index contributed by atoms with van der Waals surface area (Å²) < 4.78 is 10.9. The normalized spacial score (nSPS) is 14.8. The molecule has 3 heterocycles. The van der Waals surface area contributed by atoms with Crippen LogP contribution in [0, 0.1) is 0 Å². The Balaban J connectivity index is 1.27. The monoisotopic (exact) mass is 378 g/mol. The lowest BCUT2D eigenvalue weighted by atomic mass is 9.95. The fraction of sp³-hybridized carbons (Fsp3) is 0.333. The second-order valence-corrected chi connectivity index (χ2v) is 6.84. The Hall–Kier alpha value is -3.22. The Morgan fingerprint density at radius 3 is 2.71 bits per heavy atom. The first-order valence-corrected chi connectivity index (χ1v) is 9.45. The van der Waals surface area contributed by atoms with Crippen LogP contribution in [0.25, 0.3) is 0 Å². The first-order chi connectivity index (χ1) is 13.8. The van der Waals surface area contributed by atoms with Gasteiger partial charge in [-0.05, 0) is 30.5 Å². The topological polar surface area (TPSA) is 81.4 Å². The number of hydrogen-bond acceptors (Lipinski definition) is 6. The largest absolute Gasteiger partial charge is 0.482 e. The van der Waals surface area contributed by atoms with Crippen molar-refractivity contribution in [1.29, 1.82) is 0 Å². The molecule has 28 heavy (non-hydrogen) atoms. The lowest BCUT2D eigenvalue weighted by Crippen LogP contribution is -2.39. The third-order valence-electron chi connectivity index (χ3n) is 4.89. The number of aromatic nitrogens is 3. The molecule has 0 saturated carbocycles. The number of hydrogen-bond donors (Lipinski definition) is 0. The van der Waals surface area contributed by atoms with Gasteiger partial charge in [0, 0.05) is 25.2 Å². The number of rotatable bonds is 6. The van der Waals surface area contributed by atoms with E-state index in [4.69, 9.17) is 9.26 Å². The number of carbonyl (C=O) groups is 1. The van der Waals surface area contributed by atoms with Crippen LogP contribution in [0.4, 0.5) is 0 Å². The van der Waals surface area contributed by atoms with E-state index in [0.717, 1.165) is 18.4 Å². The number of piperidine rings is 1. The highest BCUT2D eigenvalue weighted by atomic mass is 16.5. The second-order valence-electron chi connectivity index (χ2n) is 6.84. The number of carbonyl (C=O) groups excluding carboxylic acids is 1. The zero-order valence-electron chi connectivity index (χ0n) is 15.5. The Kier molecular flexibility index (Phi) is 5.61. The lowest BCUT2D eigenvalue weighted by molar-refractivity contribution is -0.131. The van der Waals surface area contributed by atoms with Gasteiger partial charge in [0.15, 0.2) is 12.4 Å². The highest BCUT2D eigenvalue weighted by Crippen LogP contribution is 2.26. The molecule has 2 aromatic heterocycles. The summed E-state index contributed by atoms with van der Waals surface area (Å²) in [5.41, 5.74) is 1.05. The van der Waals surface area contributed by atoms with Crippen molar-refractivity contribution in [3.05, 3.63) is 72.1 Å². The lowest BCUT2D eigenvalue weighted by Gasteiger charge is -2.30. The maximum Gasteiger partial charge on any atom is 0.264 e. The average molecular weight is 378 g/mol. The van der Waals surface area contributed by atoms with Gasteiger partial charge >= 0.3 is 0 Å². The molecule has 0 aliphatic carbocycles. The second kappa shape index (κ2) is 8.65. The van der Waals surface area contributed by atoms with Crippen LogP contribution in [0.3, 0.4) is 0 Å². The van der Waals surface area contributed by atoms with Crippen molar-refractivity contribution < 1.29 is 14.1 Å². The predicted molar refractivity (Wildman–Crippen MR) is 102 cm³/mol. The quantitative estimate of drug-likeness (QED) is 0.656. The molecular formula is C21H22N4O3. The van der Waals surface area contributed by atoms with Crippen LogP contribution in [-0.4, -0.2) is 39.0 Å². The first kappa shape index (κ1) is 18.2. The van der Waals surface area contributed by atoms with E-state index in [0.29, 0.717) is 37.0 Å². The number of likely N-dealkylation sites (tertiary alicyclic amines) is 1. The molecule has 0 atom stereocenters. The number of nitrogens with zero attached hydrogens (tertiary/aromatic N) is 4. The van der Waals surface area contributed by atoms with Gasteiger partial charge in [0.1, 0.15) is 5.75 Å². The van der Waals surface area contributed by atoms with Crippen LogP contribution in [0.1, 0.15) is 36.0 Å². The van der Waals surface area contributed by atoms with Gasteiger partial charge in [-0.25, -0.2) is 0 Å². The highest BCUT2D eigenvalue weighted by molar-refractivity contribution is 5.78. The van der Waals surface area contributed by atoms with Crippen molar-refractivity contribution in [2.45, 2.75) is 31.8 Å². The van der Waals surface area contributed by atoms with Gasteiger partial charge in [-0.2, -0.15) is 4.98 Å². The van der Waals surface area contributed by atoms with Crippen molar-refractivity contribution in [3.8, 4) is 5.75 Å². The fourth-order valence-corrected chi connectivity index (χ4v) is 3.34. The van der Waals surface area contributed by atoms with Crippen molar-refractivity contribution in [2.24, 2.45) is 0 Å². The van der Waals surface area contributed by atoms with Crippen molar-refractivity contribution in [3.63, 3.8) is 0 Å². The Morgan fingerprint density at radius 2 is 1.96 bits per heavy atom. The fourth-order valence-electron chi connectivity index (χ4n) is 3.34. The van der Waals surface area contributed by atoms with Crippen molar-refractivity contribution in [2.75, 3.05) is 13.1 Å². The summed E-state index contributed by atoms with van der Waals surface area (Å²) >= 11 is 0. The van der Waals surface area contributed by atoms with E-state index < -0.39 is 0 Å². The molecule has 0 radical (unpaired) electrons. The molecule has 1 aliphatic heterocycles. The molecule has 0 N–H and O–H groups in total. The Labute approximate surface area is 163 Å². The molecule has 1 fully saturated rings. The molecular weight excluding hydrogens is 356 g/mol. The number of benzene rings is 1. The molecule has 1 saturated heterocycles. The van der Waals surface area contributed by atoms with Gasteiger partial charge < -0.3 is 14.2 Å². The van der Waals surface area contributed by atoms with Gasteiger partial charge in [0.05, 0.1) is 12.6 Å². The summed E-state index contributed by atoms with van der Waals surface area (Å²) in [6.07, 6.45) is 5.45. The minimum absolute atomic E-state index is 0.170. The number of pyridine rings is 1. The smallest absolute Gasteiger partial charge is 0.264 e. The van der Waals surface area contributed by atoms with Crippen LogP contribution >= 0.6 is 0 Å². The van der Waals surface area contributed by atoms with Crippen LogP contribution in [-0.2, 0) is 17.8 Å². The summed E-state index contributed by atoms with van der Waals surface area (Å²) in [5, 5.41) is 4.10. The van der Waals surface area contributed by atoms with Crippen molar-refractivity contribution in [1.82, 2.24) is 20.0 Å². The summed E-state index contributed by atoms with van der Waals surface area (Å²) in [6.45, 7) is 1.64. The van der Waals surface area contributed by atoms with Gasteiger partial charge in [0.2, 0.25) is 5.91 Å². The van der Waals surface area contributed by atoms with Gasteiger partial charge in [-0.3, -0.25) is 9.78 Å². The van der Waals surface area contributed by atoms with E-state index >= 15 is 0 Å². The molecule has 1 amide bonds. The molecule has 3 aromatic rings. The summed E-state index contributed by atoms with van der Waals surface area (Å²) in [5.74, 6) is 2.17. The van der Waals surface area contributed by atoms with E-state index in [2.05, 4.69) is 15.1 Å². The molecule has 144 valence electrons. The average Bonchev–Trinajstić information content (AvgIpc) is 3.23. The van der Waals surface area contributed by atoms with E-state index in [1.54, 1.807) is 18.5 Å². The standard InChI is InChI=1S/C21H22N4O3/c26-20(13-16-5-2-1-3-6-16)25-11-8-17(9-12-25)21-23-19(28-24-21)15-27-18-7-4-10-22-14-18/h1-7,10,14,17H,8-9,11-13,15H2. The number of ether oxygens (including phenoxy) is 1. The Morgan fingerprint density at radius 1 is 1.14 bits per heavy atom. The highest BCUT2D eigenvalue weighted by Gasteiger charge is 2.27. The van der Waals surface area contributed by atoms with E-state index in [9.17, 15) is 4.79 Å². The van der Waals surface area contributed by atoms with Gasteiger partial charge in [0.25, 0.3) is 5.89 Å². The molecule has 7 nitrogen and oxygen atoms in total. The molecule has 0 spiro atoms. The van der Waals surface area contributed by atoms with E-state index in [1.165, 1.54) is 0 Å². The summed E-state index contributed by atoms with van der Waals surface area (Å²) in [4.78, 5) is 22.9. The SMILES string of the molecule is O=C(Cc1ccccc1)N1CCC(c2noc(COc3cccnc3)n2)CC1. The van der Waals surface area contributed by atoms with Gasteiger partial charge in [-0.15, -0.1) is 0 Å². The molecule has 7 heteroatoms. The van der Waals surface area contributed by atoms with Crippen LogP contribution in [0.5, 0.6) is 5.75 Å². The number of amides is 1. The minimum Gasteiger partial charge on any atom is -0.482 e. The third kappa shape index (κ3) is 4.54. The Bertz CT molecular complexity index is 890. The minimum atomic E-state index is 0.170. The van der Waals surface area contributed by atoms with Crippen LogP contribution in [0.15, 0.2) is 59.4 Å². The molecule has 0 bridgehead atoms. The van der Waals surface area contributed by atoms with E-state index in [1.807, 2.05) is 41.3 Å². The van der Waals surface area contributed by atoms with Gasteiger partial charge in [-0.1, -0.05) is 35.5 Å². The third-order valence-corrected chi connectivity index (χ3v) is 4.89. The zero-order chi connectivity index (χ0) is 19.2. The molecule has 1 aromatic carbocycles. The van der Waals surface area contributed by atoms with Crippen LogP contribution < -0.4 is 4.74 Å². The van der Waals surface area contributed by atoms with Crippen LogP contribution in [0.2, 0.25) is 0 Å².